The maximum Gasteiger partial charge on any atom is 0.230 e. The van der Waals surface area contributed by atoms with Gasteiger partial charge in [0.2, 0.25) is 16.9 Å². The number of carbonyl (C=O) groups is 2. The number of halogens is 1. The quantitative estimate of drug-likeness (QED) is 0.212. The number of nitrogens with zero attached hydrogens (tertiary/aromatic N) is 5. The van der Waals surface area contributed by atoms with Gasteiger partial charge in [0.05, 0.1) is 18.5 Å². The topological polar surface area (TPSA) is 123 Å². The van der Waals surface area contributed by atoms with Crippen LogP contribution in [0, 0.1) is 6.92 Å². The largest absolute Gasteiger partial charge is 0.309 e. The molecule has 2 amide bonds. The lowest BCUT2D eigenvalue weighted by molar-refractivity contribution is -0.116. The summed E-state index contributed by atoms with van der Waals surface area (Å²) in [7, 11) is 0. The minimum Gasteiger partial charge on any atom is -0.309 e. The van der Waals surface area contributed by atoms with Crippen LogP contribution in [-0.4, -0.2) is 37.2 Å². The highest BCUT2D eigenvalue weighted by Crippen LogP contribution is 2.18. The molecule has 0 aliphatic rings. The highest BCUT2D eigenvalue weighted by atomic mass is 35.5. The fraction of sp³-hybridized carbons (Fsp3) is 0.269. The lowest BCUT2D eigenvalue weighted by atomic mass is 10.1. The van der Waals surface area contributed by atoms with Crippen molar-refractivity contribution >= 4 is 45.7 Å². The number of benzene rings is 1. The molecule has 1 aromatic carbocycles. The van der Waals surface area contributed by atoms with Crippen molar-refractivity contribution in [2.75, 3.05) is 10.6 Å². The molecule has 9 nitrogen and oxygen atoms in total. The molecular weight excluding hydrogens is 510 g/mol. The van der Waals surface area contributed by atoms with Crippen molar-refractivity contribution in [1.82, 2.24) is 25.4 Å². The maximum atomic E-state index is 12.3. The number of carbonyl (C=O) groups excluding carboxylic acids is 2. The van der Waals surface area contributed by atoms with Gasteiger partial charge in [0.25, 0.3) is 0 Å². The van der Waals surface area contributed by atoms with Crippen molar-refractivity contribution in [1.29, 1.82) is 0 Å². The van der Waals surface area contributed by atoms with E-state index in [2.05, 4.69) is 36.0 Å². The molecule has 4 aromatic rings. The number of rotatable bonds is 11. The van der Waals surface area contributed by atoms with Crippen LogP contribution in [0.1, 0.15) is 40.2 Å². The Labute approximate surface area is 223 Å². The zero-order valence-electron chi connectivity index (χ0n) is 20.3. The third-order valence-corrected chi connectivity index (χ3v) is 6.50. The highest BCUT2D eigenvalue weighted by molar-refractivity contribution is 7.15. The van der Waals surface area contributed by atoms with E-state index in [-0.39, 0.29) is 18.2 Å². The second-order valence-electron chi connectivity index (χ2n) is 8.55. The SMILES string of the molecule is Cc1cccc(CC(=O)Nc2ccc(CCCCc3nnc(NC(=O)Cc4ccc(Cl)nc4)s3)nn2)c1. The Hall–Kier alpha value is -3.76. The second-order valence-corrected chi connectivity index (χ2v) is 10.00. The first kappa shape index (κ1) is 26.3. The summed E-state index contributed by atoms with van der Waals surface area (Å²) in [4.78, 5) is 28.4. The summed E-state index contributed by atoms with van der Waals surface area (Å²) in [5.41, 5.74) is 3.71. The van der Waals surface area contributed by atoms with E-state index in [0.717, 1.165) is 53.1 Å². The zero-order valence-corrected chi connectivity index (χ0v) is 21.8. The molecule has 0 spiro atoms. The Morgan fingerprint density at radius 1 is 0.865 bits per heavy atom. The number of aromatic nitrogens is 5. The third kappa shape index (κ3) is 8.69. The molecule has 0 bridgehead atoms. The van der Waals surface area contributed by atoms with Crippen molar-refractivity contribution in [2.45, 2.75) is 45.4 Å². The average molecular weight is 536 g/mol. The summed E-state index contributed by atoms with van der Waals surface area (Å²) in [6.07, 6.45) is 5.39. The number of hydrogen-bond donors (Lipinski definition) is 2. The molecule has 2 N–H and O–H groups in total. The van der Waals surface area contributed by atoms with Gasteiger partial charge in [-0.1, -0.05) is 58.8 Å². The van der Waals surface area contributed by atoms with Crippen LogP contribution in [0.15, 0.2) is 54.7 Å². The standard InChI is InChI=1S/C26H26ClN7O2S/c1-17-5-4-6-18(13-17)14-23(35)29-22-12-10-20(31-32-22)7-2-3-8-25-33-34-26(37-25)30-24(36)15-19-9-11-21(27)28-16-19/h4-6,9-13,16H,2-3,7-8,14-15H2,1H3,(H,29,32,35)(H,30,34,36). The van der Waals surface area contributed by atoms with Crippen LogP contribution in [0.4, 0.5) is 10.9 Å². The van der Waals surface area contributed by atoms with Crippen LogP contribution in [0.3, 0.4) is 0 Å². The first-order chi connectivity index (χ1) is 17.9. The third-order valence-electron chi connectivity index (χ3n) is 5.37. The van der Waals surface area contributed by atoms with Gasteiger partial charge in [0, 0.05) is 12.6 Å². The summed E-state index contributed by atoms with van der Waals surface area (Å²) in [5, 5.41) is 23.9. The number of hydrogen-bond acceptors (Lipinski definition) is 8. The van der Waals surface area contributed by atoms with E-state index in [1.165, 1.54) is 11.3 Å². The smallest absolute Gasteiger partial charge is 0.230 e. The molecule has 0 aliphatic heterocycles. The first-order valence-corrected chi connectivity index (χ1v) is 13.0. The number of aryl methyl sites for hydroxylation is 3. The molecule has 0 saturated carbocycles. The monoisotopic (exact) mass is 535 g/mol. The van der Waals surface area contributed by atoms with E-state index in [4.69, 9.17) is 11.6 Å². The van der Waals surface area contributed by atoms with Crippen LogP contribution in [0.2, 0.25) is 5.15 Å². The summed E-state index contributed by atoms with van der Waals surface area (Å²) in [6.45, 7) is 2.00. The van der Waals surface area contributed by atoms with Gasteiger partial charge in [-0.15, -0.1) is 15.3 Å². The van der Waals surface area contributed by atoms with E-state index in [1.807, 2.05) is 37.3 Å². The fourth-order valence-electron chi connectivity index (χ4n) is 3.60. The van der Waals surface area contributed by atoms with E-state index in [1.54, 1.807) is 24.4 Å². The molecule has 11 heteroatoms. The van der Waals surface area contributed by atoms with Crippen molar-refractivity contribution in [3.8, 4) is 0 Å². The molecule has 0 aliphatic carbocycles. The Kier molecular flexibility index (Phi) is 9.23. The van der Waals surface area contributed by atoms with Crippen molar-refractivity contribution in [2.24, 2.45) is 0 Å². The van der Waals surface area contributed by atoms with Crippen LogP contribution in [0.5, 0.6) is 0 Å². The molecule has 3 heterocycles. The summed E-state index contributed by atoms with van der Waals surface area (Å²) >= 11 is 7.14. The number of amides is 2. The van der Waals surface area contributed by atoms with Gasteiger partial charge in [-0.25, -0.2) is 4.98 Å². The zero-order chi connectivity index (χ0) is 26.0. The number of anilines is 2. The Balaban J connectivity index is 1.15. The lowest BCUT2D eigenvalue weighted by Gasteiger charge is -2.05. The normalized spacial score (nSPS) is 10.8. The molecule has 0 atom stereocenters. The van der Waals surface area contributed by atoms with E-state index >= 15 is 0 Å². The van der Waals surface area contributed by atoms with E-state index in [0.29, 0.717) is 22.5 Å². The maximum absolute atomic E-state index is 12.3. The predicted molar refractivity (Wildman–Crippen MR) is 144 cm³/mol. The fourth-order valence-corrected chi connectivity index (χ4v) is 4.51. The molecule has 0 unspecified atom stereocenters. The summed E-state index contributed by atoms with van der Waals surface area (Å²) < 4.78 is 0. The van der Waals surface area contributed by atoms with Crippen LogP contribution < -0.4 is 10.6 Å². The Bertz CT molecular complexity index is 1340. The number of pyridine rings is 1. The molecule has 3 aromatic heterocycles. The molecule has 0 radical (unpaired) electrons. The van der Waals surface area contributed by atoms with Gasteiger partial charge < -0.3 is 10.6 Å². The molecule has 4 rings (SSSR count). The molecule has 37 heavy (non-hydrogen) atoms. The van der Waals surface area contributed by atoms with E-state index in [9.17, 15) is 9.59 Å². The van der Waals surface area contributed by atoms with Crippen LogP contribution in [0.25, 0.3) is 0 Å². The molecule has 190 valence electrons. The summed E-state index contributed by atoms with van der Waals surface area (Å²) in [5.74, 6) is 0.139. The average Bonchev–Trinajstić information content (AvgIpc) is 3.31. The Morgan fingerprint density at radius 2 is 1.68 bits per heavy atom. The minimum absolute atomic E-state index is 0.123. The van der Waals surface area contributed by atoms with Gasteiger partial charge in [0.15, 0.2) is 5.82 Å². The van der Waals surface area contributed by atoms with Crippen LogP contribution >= 0.6 is 22.9 Å². The number of unbranched alkanes of at least 4 members (excludes halogenated alkanes) is 1. The van der Waals surface area contributed by atoms with Crippen molar-refractivity contribution < 1.29 is 9.59 Å². The van der Waals surface area contributed by atoms with Crippen molar-refractivity contribution in [3.63, 3.8) is 0 Å². The van der Waals surface area contributed by atoms with Crippen LogP contribution in [-0.2, 0) is 35.3 Å². The Morgan fingerprint density at radius 3 is 2.43 bits per heavy atom. The van der Waals surface area contributed by atoms with Gasteiger partial charge in [0.1, 0.15) is 10.2 Å². The highest BCUT2D eigenvalue weighted by Gasteiger charge is 2.10. The molecular formula is C26H26ClN7O2S. The van der Waals surface area contributed by atoms with Gasteiger partial charge in [-0.3, -0.25) is 9.59 Å². The number of nitrogens with one attached hydrogen (secondary N) is 2. The van der Waals surface area contributed by atoms with Gasteiger partial charge in [-0.05, 0) is 55.5 Å². The first-order valence-electron chi connectivity index (χ1n) is 11.8. The van der Waals surface area contributed by atoms with E-state index < -0.39 is 0 Å². The van der Waals surface area contributed by atoms with Gasteiger partial charge >= 0.3 is 0 Å². The predicted octanol–water partition coefficient (Wildman–Crippen LogP) is 4.61. The minimum atomic E-state index is -0.180. The lowest BCUT2D eigenvalue weighted by Crippen LogP contribution is -2.16. The summed E-state index contributed by atoms with van der Waals surface area (Å²) in [6, 6.07) is 14.9. The molecule has 0 fully saturated rings. The van der Waals surface area contributed by atoms with Gasteiger partial charge in [-0.2, -0.15) is 5.10 Å². The second kappa shape index (κ2) is 13.0. The van der Waals surface area contributed by atoms with Crippen molar-refractivity contribution in [3.05, 3.63) is 87.3 Å². The molecule has 0 saturated heterocycles.